The Balaban J connectivity index is 2.51. The average Bonchev–Trinajstić information content (AvgIpc) is 2.33. The van der Waals surface area contributed by atoms with Crippen molar-refractivity contribution in [3.63, 3.8) is 0 Å². The van der Waals surface area contributed by atoms with Crippen LogP contribution in [-0.2, 0) is 14.8 Å². The van der Waals surface area contributed by atoms with E-state index in [9.17, 15) is 18.0 Å². The van der Waals surface area contributed by atoms with Gasteiger partial charge in [0.2, 0.25) is 10.0 Å². The van der Waals surface area contributed by atoms with Gasteiger partial charge in [-0.05, 0) is 26.7 Å². The summed E-state index contributed by atoms with van der Waals surface area (Å²) in [5, 5.41) is 11.6. The summed E-state index contributed by atoms with van der Waals surface area (Å²) in [5.74, 6) is -1.43. The molecule has 2 amide bonds. The van der Waals surface area contributed by atoms with E-state index in [1.165, 1.54) is 4.90 Å². The van der Waals surface area contributed by atoms with Crippen molar-refractivity contribution in [1.82, 2.24) is 14.9 Å². The highest BCUT2D eigenvalue weighted by Gasteiger charge is 2.29. The summed E-state index contributed by atoms with van der Waals surface area (Å²) in [5.41, 5.74) is -0.814. The maximum absolute atomic E-state index is 12.0. The van der Waals surface area contributed by atoms with Crippen LogP contribution in [0.2, 0.25) is 0 Å². The molecule has 0 spiro atoms. The second-order valence-electron chi connectivity index (χ2n) is 6.04. The lowest BCUT2D eigenvalue weighted by Gasteiger charge is -2.32. The molecule has 21 heavy (non-hydrogen) atoms. The average molecular weight is 321 g/mol. The van der Waals surface area contributed by atoms with Crippen LogP contribution in [0.5, 0.6) is 0 Å². The number of piperidine rings is 1. The van der Waals surface area contributed by atoms with Crippen molar-refractivity contribution in [2.45, 2.75) is 32.2 Å². The van der Waals surface area contributed by atoms with Crippen molar-refractivity contribution < 1.29 is 23.1 Å². The van der Waals surface area contributed by atoms with Crippen LogP contribution in [-0.4, -0.2) is 61.9 Å². The minimum Gasteiger partial charge on any atom is -0.481 e. The fourth-order valence-electron chi connectivity index (χ4n) is 2.31. The Bertz CT molecular complexity index is 503. The van der Waals surface area contributed by atoms with Gasteiger partial charge in [-0.1, -0.05) is 0 Å². The standard InChI is InChI=1S/C12H23N3O5S/c1-12(2,14-21(3,19)20)8-13-11(18)15-6-4-5-9(7-15)10(16)17/h9,14H,4-8H2,1-3H3,(H,13,18)(H,16,17)/t9-/m0/s1. The van der Waals surface area contributed by atoms with Gasteiger partial charge in [-0.2, -0.15) is 0 Å². The number of urea groups is 1. The van der Waals surface area contributed by atoms with Crippen LogP contribution in [0.25, 0.3) is 0 Å². The van der Waals surface area contributed by atoms with Gasteiger partial charge in [0, 0.05) is 25.2 Å². The first kappa shape index (κ1) is 17.7. The molecule has 0 bridgehead atoms. The summed E-state index contributed by atoms with van der Waals surface area (Å²) in [4.78, 5) is 24.4. The van der Waals surface area contributed by atoms with Gasteiger partial charge in [-0.15, -0.1) is 0 Å². The Morgan fingerprint density at radius 1 is 1.38 bits per heavy atom. The first-order valence-corrected chi connectivity index (χ1v) is 8.64. The predicted molar refractivity (Wildman–Crippen MR) is 77.4 cm³/mol. The second-order valence-corrected chi connectivity index (χ2v) is 7.79. The molecule has 1 saturated heterocycles. The minimum atomic E-state index is -3.37. The fourth-order valence-corrected chi connectivity index (χ4v) is 3.39. The number of rotatable bonds is 5. The summed E-state index contributed by atoms with van der Waals surface area (Å²) in [6.45, 7) is 4.12. The molecular formula is C12H23N3O5S. The lowest BCUT2D eigenvalue weighted by atomic mass is 9.99. The number of amides is 2. The molecule has 0 radical (unpaired) electrons. The molecule has 1 aliphatic rings. The van der Waals surface area contributed by atoms with Crippen LogP contribution in [0, 0.1) is 5.92 Å². The number of nitrogens with zero attached hydrogens (tertiary/aromatic N) is 1. The Morgan fingerprint density at radius 2 is 2.00 bits per heavy atom. The monoisotopic (exact) mass is 321 g/mol. The zero-order valence-corrected chi connectivity index (χ0v) is 13.4. The summed E-state index contributed by atoms with van der Waals surface area (Å²) in [6.07, 6.45) is 2.27. The molecule has 1 heterocycles. The molecule has 0 aliphatic carbocycles. The Hall–Kier alpha value is -1.35. The van der Waals surface area contributed by atoms with Crippen molar-refractivity contribution in [1.29, 1.82) is 0 Å². The van der Waals surface area contributed by atoms with Gasteiger partial charge in [-0.25, -0.2) is 17.9 Å². The largest absolute Gasteiger partial charge is 0.481 e. The van der Waals surface area contributed by atoms with Crippen molar-refractivity contribution >= 4 is 22.0 Å². The van der Waals surface area contributed by atoms with Gasteiger partial charge in [0.05, 0.1) is 12.2 Å². The van der Waals surface area contributed by atoms with Crippen molar-refractivity contribution in [2.75, 3.05) is 25.9 Å². The summed E-state index contributed by atoms with van der Waals surface area (Å²) in [6, 6.07) is -0.371. The number of carbonyl (C=O) groups is 2. The maximum atomic E-state index is 12.0. The van der Waals surface area contributed by atoms with E-state index in [1.807, 2.05) is 0 Å². The molecule has 3 N–H and O–H groups in total. The first-order chi connectivity index (χ1) is 9.50. The lowest BCUT2D eigenvalue weighted by molar-refractivity contribution is -0.143. The number of hydrogen-bond acceptors (Lipinski definition) is 4. The molecule has 0 aromatic rings. The first-order valence-electron chi connectivity index (χ1n) is 6.75. The topological polar surface area (TPSA) is 116 Å². The molecule has 0 saturated carbocycles. The molecule has 0 unspecified atom stereocenters. The maximum Gasteiger partial charge on any atom is 0.317 e. The zero-order valence-electron chi connectivity index (χ0n) is 12.5. The fraction of sp³-hybridized carbons (Fsp3) is 0.833. The van der Waals surface area contributed by atoms with Crippen LogP contribution < -0.4 is 10.0 Å². The molecule has 122 valence electrons. The van der Waals surface area contributed by atoms with E-state index in [4.69, 9.17) is 5.11 Å². The normalized spacial score (nSPS) is 20.1. The van der Waals surface area contributed by atoms with Crippen LogP contribution in [0.1, 0.15) is 26.7 Å². The molecule has 1 fully saturated rings. The Labute approximate surface area is 124 Å². The second kappa shape index (κ2) is 6.61. The van der Waals surface area contributed by atoms with E-state index in [2.05, 4.69) is 10.0 Å². The van der Waals surface area contributed by atoms with E-state index in [0.29, 0.717) is 19.4 Å². The number of hydrogen-bond donors (Lipinski definition) is 3. The molecule has 0 aromatic carbocycles. The zero-order chi connectivity index (χ0) is 16.3. The highest BCUT2D eigenvalue weighted by Crippen LogP contribution is 2.16. The number of carboxylic acid groups (broad SMARTS) is 1. The van der Waals surface area contributed by atoms with Gasteiger partial charge in [0.1, 0.15) is 0 Å². The van der Waals surface area contributed by atoms with E-state index >= 15 is 0 Å². The third-order valence-corrected chi connectivity index (χ3v) is 4.12. The summed E-state index contributed by atoms with van der Waals surface area (Å²) in [7, 11) is -3.37. The number of carboxylic acids is 1. The van der Waals surface area contributed by atoms with Crippen molar-refractivity contribution in [2.24, 2.45) is 5.92 Å². The summed E-state index contributed by atoms with van der Waals surface area (Å²) < 4.78 is 24.8. The molecule has 8 nitrogen and oxygen atoms in total. The number of aliphatic carboxylic acids is 1. The number of likely N-dealkylation sites (tertiary alicyclic amines) is 1. The molecule has 0 aromatic heterocycles. The minimum absolute atomic E-state index is 0.118. The smallest absolute Gasteiger partial charge is 0.317 e. The highest BCUT2D eigenvalue weighted by molar-refractivity contribution is 7.88. The number of sulfonamides is 1. The van der Waals surface area contributed by atoms with E-state index < -0.39 is 27.4 Å². The van der Waals surface area contributed by atoms with E-state index in [1.54, 1.807) is 13.8 Å². The summed E-state index contributed by atoms with van der Waals surface area (Å²) >= 11 is 0. The molecule has 9 heteroatoms. The molecular weight excluding hydrogens is 298 g/mol. The SMILES string of the molecule is CC(C)(CNC(=O)N1CCC[C@H](C(=O)O)C1)NS(C)(=O)=O. The van der Waals surface area contributed by atoms with Crippen LogP contribution in [0.3, 0.4) is 0 Å². The Morgan fingerprint density at radius 3 is 2.52 bits per heavy atom. The van der Waals surface area contributed by atoms with Crippen molar-refractivity contribution in [3.05, 3.63) is 0 Å². The Kier molecular flexibility index (Phi) is 5.57. The number of nitrogens with one attached hydrogen (secondary N) is 2. The molecule has 1 rings (SSSR count). The van der Waals surface area contributed by atoms with Crippen LogP contribution in [0.4, 0.5) is 4.79 Å². The lowest BCUT2D eigenvalue weighted by Crippen LogP contribution is -2.54. The predicted octanol–water partition coefficient (Wildman–Crippen LogP) is -0.180. The van der Waals surface area contributed by atoms with Crippen LogP contribution in [0.15, 0.2) is 0 Å². The van der Waals surface area contributed by atoms with Gasteiger partial charge < -0.3 is 15.3 Å². The number of carbonyl (C=O) groups excluding carboxylic acids is 1. The van der Waals surface area contributed by atoms with E-state index in [-0.39, 0.29) is 19.1 Å². The van der Waals surface area contributed by atoms with Gasteiger partial charge in [-0.3, -0.25) is 4.79 Å². The van der Waals surface area contributed by atoms with Crippen LogP contribution >= 0.6 is 0 Å². The van der Waals surface area contributed by atoms with Gasteiger partial charge >= 0.3 is 12.0 Å². The molecule has 1 aliphatic heterocycles. The van der Waals surface area contributed by atoms with E-state index in [0.717, 1.165) is 6.26 Å². The van der Waals surface area contributed by atoms with Crippen molar-refractivity contribution in [3.8, 4) is 0 Å². The molecule has 1 atom stereocenters. The quantitative estimate of drug-likeness (QED) is 0.649. The van der Waals surface area contributed by atoms with Gasteiger partial charge in [0.15, 0.2) is 0 Å². The highest BCUT2D eigenvalue weighted by atomic mass is 32.2. The third-order valence-electron chi connectivity index (χ3n) is 3.20. The van der Waals surface area contributed by atoms with Gasteiger partial charge in [0.25, 0.3) is 0 Å². The third kappa shape index (κ3) is 6.30.